The average Bonchev–Trinajstić information content (AvgIpc) is 2.63. The number of rotatable bonds is 10. The van der Waals surface area contributed by atoms with Crippen molar-refractivity contribution in [3.8, 4) is 5.75 Å². The third kappa shape index (κ3) is 7.00. The average molecular weight is 380 g/mol. The molecule has 1 N–H and O–H groups in total. The standard InChI is InChI=1S/C22H27F3O2/c1-6-27-16(4)13-19(23)17(5)15(3)9-7-14(2)8-10-18-11-12-20(26)22(25)21(18)24/h8,10-15,26H,4-7,9H2,1-3H3/b10-8+,19-13+. The van der Waals surface area contributed by atoms with Crippen LogP contribution in [0.25, 0.3) is 6.08 Å². The summed E-state index contributed by atoms with van der Waals surface area (Å²) in [6, 6.07) is 2.42. The Balaban J connectivity index is 2.61. The highest BCUT2D eigenvalue weighted by atomic mass is 19.2. The SMILES string of the molecule is C=C(/C=C(/F)C(=C)C(C)CCC(C)/C=C/c1ccc(O)c(F)c1F)OCC. The van der Waals surface area contributed by atoms with E-state index in [-0.39, 0.29) is 23.2 Å². The number of phenolic OH excluding ortho intramolecular Hbond substituents is 1. The fourth-order valence-corrected chi connectivity index (χ4v) is 2.43. The van der Waals surface area contributed by atoms with Gasteiger partial charge in [0.25, 0.3) is 0 Å². The van der Waals surface area contributed by atoms with Gasteiger partial charge in [-0.15, -0.1) is 0 Å². The van der Waals surface area contributed by atoms with Gasteiger partial charge in [-0.2, -0.15) is 4.39 Å². The molecule has 5 heteroatoms. The first-order valence-corrected chi connectivity index (χ1v) is 8.90. The van der Waals surface area contributed by atoms with Crippen molar-refractivity contribution in [2.75, 3.05) is 6.61 Å². The summed E-state index contributed by atoms with van der Waals surface area (Å²) in [4.78, 5) is 0. The van der Waals surface area contributed by atoms with Gasteiger partial charge in [0.2, 0.25) is 5.82 Å². The lowest BCUT2D eigenvalue weighted by atomic mass is 9.91. The molecule has 2 nitrogen and oxygen atoms in total. The monoisotopic (exact) mass is 380 g/mol. The second kappa shape index (κ2) is 10.7. The van der Waals surface area contributed by atoms with Crippen molar-refractivity contribution < 1.29 is 23.0 Å². The Morgan fingerprint density at radius 1 is 1.19 bits per heavy atom. The van der Waals surface area contributed by atoms with Gasteiger partial charge in [-0.1, -0.05) is 39.2 Å². The van der Waals surface area contributed by atoms with E-state index in [1.165, 1.54) is 18.2 Å². The van der Waals surface area contributed by atoms with E-state index in [1.54, 1.807) is 13.0 Å². The summed E-state index contributed by atoms with van der Waals surface area (Å²) in [7, 11) is 0. The van der Waals surface area contributed by atoms with Crippen LogP contribution in [0.2, 0.25) is 0 Å². The molecular weight excluding hydrogens is 353 g/mol. The number of hydrogen-bond donors (Lipinski definition) is 1. The zero-order chi connectivity index (χ0) is 20.6. The number of hydrogen-bond acceptors (Lipinski definition) is 2. The largest absolute Gasteiger partial charge is 0.505 e. The number of halogens is 3. The minimum absolute atomic E-state index is 0.0676. The third-order valence-electron chi connectivity index (χ3n) is 4.27. The molecule has 1 aromatic carbocycles. The molecule has 0 radical (unpaired) electrons. The molecule has 0 bridgehead atoms. The van der Waals surface area contributed by atoms with E-state index < -0.39 is 23.2 Å². The molecule has 0 amide bonds. The first-order chi connectivity index (χ1) is 12.7. The van der Waals surface area contributed by atoms with Crippen molar-refractivity contribution in [2.45, 2.75) is 33.6 Å². The predicted octanol–water partition coefficient (Wildman–Crippen LogP) is 6.70. The minimum atomic E-state index is -1.26. The Kier molecular flexibility index (Phi) is 8.92. The van der Waals surface area contributed by atoms with E-state index in [4.69, 9.17) is 9.84 Å². The van der Waals surface area contributed by atoms with Crippen molar-refractivity contribution in [1.29, 1.82) is 0 Å². The van der Waals surface area contributed by atoms with Crippen molar-refractivity contribution in [1.82, 2.24) is 0 Å². The quantitative estimate of drug-likeness (QED) is 0.362. The zero-order valence-electron chi connectivity index (χ0n) is 16.1. The molecule has 27 heavy (non-hydrogen) atoms. The molecule has 0 aliphatic heterocycles. The van der Waals surface area contributed by atoms with Crippen LogP contribution in [0.5, 0.6) is 5.75 Å². The van der Waals surface area contributed by atoms with E-state index in [2.05, 4.69) is 13.2 Å². The van der Waals surface area contributed by atoms with E-state index in [0.717, 1.165) is 12.5 Å². The number of benzene rings is 1. The van der Waals surface area contributed by atoms with E-state index >= 15 is 0 Å². The predicted molar refractivity (Wildman–Crippen MR) is 104 cm³/mol. The number of phenols is 1. The van der Waals surface area contributed by atoms with E-state index in [1.807, 2.05) is 13.8 Å². The summed E-state index contributed by atoms with van der Waals surface area (Å²) < 4.78 is 46.3. The van der Waals surface area contributed by atoms with Gasteiger partial charge in [-0.25, -0.2) is 8.78 Å². The van der Waals surface area contributed by atoms with Gasteiger partial charge in [0.15, 0.2) is 11.6 Å². The van der Waals surface area contributed by atoms with Gasteiger partial charge < -0.3 is 9.84 Å². The fourth-order valence-electron chi connectivity index (χ4n) is 2.43. The molecule has 0 saturated carbocycles. The van der Waals surface area contributed by atoms with Gasteiger partial charge in [-0.3, -0.25) is 0 Å². The van der Waals surface area contributed by atoms with Crippen LogP contribution < -0.4 is 0 Å². The Morgan fingerprint density at radius 3 is 2.48 bits per heavy atom. The molecule has 0 aliphatic carbocycles. The molecule has 2 unspecified atom stereocenters. The Hall–Kier alpha value is -2.43. The highest BCUT2D eigenvalue weighted by molar-refractivity contribution is 5.52. The number of ether oxygens (including phenoxy) is 1. The second-order valence-corrected chi connectivity index (χ2v) is 6.53. The molecule has 1 rings (SSSR count). The summed E-state index contributed by atoms with van der Waals surface area (Å²) in [6.45, 7) is 13.4. The maximum absolute atomic E-state index is 14.1. The topological polar surface area (TPSA) is 29.5 Å². The van der Waals surface area contributed by atoms with Crippen LogP contribution in [0, 0.1) is 23.5 Å². The van der Waals surface area contributed by atoms with Crippen LogP contribution in [0.3, 0.4) is 0 Å². The summed E-state index contributed by atoms with van der Waals surface area (Å²) in [5, 5.41) is 9.13. The number of allylic oxidation sites excluding steroid dienone is 4. The normalized spacial score (nSPS) is 14.2. The van der Waals surface area contributed by atoms with Crippen LogP contribution >= 0.6 is 0 Å². The summed E-state index contributed by atoms with van der Waals surface area (Å²) in [5.74, 6) is -3.27. The highest BCUT2D eigenvalue weighted by Crippen LogP contribution is 2.27. The van der Waals surface area contributed by atoms with Gasteiger partial charge in [-0.05, 0) is 49.3 Å². The molecule has 0 spiro atoms. The summed E-state index contributed by atoms with van der Waals surface area (Å²) in [5.41, 5.74) is 0.441. The van der Waals surface area contributed by atoms with Crippen LogP contribution in [0.1, 0.15) is 39.2 Å². The Morgan fingerprint density at radius 2 is 1.85 bits per heavy atom. The molecular formula is C22H27F3O2. The smallest absolute Gasteiger partial charge is 0.200 e. The maximum atomic E-state index is 14.1. The summed E-state index contributed by atoms with van der Waals surface area (Å²) in [6.07, 6.45) is 5.87. The third-order valence-corrected chi connectivity index (χ3v) is 4.27. The molecule has 0 fully saturated rings. The molecule has 148 valence electrons. The van der Waals surface area contributed by atoms with Crippen molar-refractivity contribution in [3.63, 3.8) is 0 Å². The minimum Gasteiger partial charge on any atom is -0.505 e. The zero-order valence-corrected chi connectivity index (χ0v) is 16.1. The second-order valence-electron chi connectivity index (χ2n) is 6.53. The van der Waals surface area contributed by atoms with Crippen LogP contribution in [-0.4, -0.2) is 11.7 Å². The fraction of sp³-hybridized carbons (Fsp3) is 0.364. The van der Waals surface area contributed by atoms with Gasteiger partial charge in [0.1, 0.15) is 11.6 Å². The van der Waals surface area contributed by atoms with E-state index in [9.17, 15) is 13.2 Å². The van der Waals surface area contributed by atoms with Gasteiger partial charge in [0, 0.05) is 11.6 Å². The first kappa shape index (κ1) is 22.6. The van der Waals surface area contributed by atoms with Crippen LogP contribution in [-0.2, 0) is 4.74 Å². The van der Waals surface area contributed by atoms with Gasteiger partial charge in [0.05, 0.1) is 6.61 Å². The lowest BCUT2D eigenvalue weighted by Crippen LogP contribution is -2.03. The lowest BCUT2D eigenvalue weighted by molar-refractivity contribution is 0.243. The maximum Gasteiger partial charge on any atom is 0.200 e. The highest BCUT2D eigenvalue weighted by Gasteiger charge is 2.14. The van der Waals surface area contributed by atoms with Crippen LogP contribution in [0.15, 0.2) is 54.6 Å². The Labute approximate surface area is 159 Å². The summed E-state index contributed by atoms with van der Waals surface area (Å²) >= 11 is 0. The molecule has 0 heterocycles. The first-order valence-electron chi connectivity index (χ1n) is 8.90. The van der Waals surface area contributed by atoms with E-state index in [0.29, 0.717) is 18.6 Å². The molecule has 0 aliphatic rings. The molecule has 0 aromatic heterocycles. The van der Waals surface area contributed by atoms with Crippen LogP contribution in [0.4, 0.5) is 13.2 Å². The lowest BCUT2D eigenvalue weighted by Gasteiger charge is -2.15. The number of aromatic hydroxyl groups is 1. The molecule has 1 aromatic rings. The van der Waals surface area contributed by atoms with Crippen molar-refractivity contribution in [3.05, 3.63) is 71.8 Å². The van der Waals surface area contributed by atoms with Crippen molar-refractivity contribution in [2.24, 2.45) is 11.8 Å². The molecule has 0 saturated heterocycles. The van der Waals surface area contributed by atoms with Gasteiger partial charge >= 0.3 is 0 Å². The Bertz CT molecular complexity index is 735. The molecule has 2 atom stereocenters. The van der Waals surface area contributed by atoms with Crippen molar-refractivity contribution >= 4 is 6.08 Å².